The summed E-state index contributed by atoms with van der Waals surface area (Å²) in [4.78, 5) is 56.1. The number of hydrogen-bond donors (Lipinski definition) is 3. The molecule has 26 heavy (non-hydrogen) atoms. The van der Waals surface area contributed by atoms with Gasteiger partial charge in [0.2, 0.25) is 6.41 Å². The summed E-state index contributed by atoms with van der Waals surface area (Å²) in [6, 6.07) is -0.745. The van der Waals surface area contributed by atoms with E-state index in [-0.39, 0.29) is 0 Å². The van der Waals surface area contributed by atoms with E-state index in [1.807, 2.05) is 0 Å². The van der Waals surface area contributed by atoms with E-state index in [0.717, 1.165) is 0 Å². The molecule has 0 aromatic heterocycles. The van der Waals surface area contributed by atoms with E-state index < -0.39 is 42.2 Å². The van der Waals surface area contributed by atoms with Gasteiger partial charge in [-0.15, -0.1) is 0 Å². The molecule has 4 atom stereocenters. The van der Waals surface area contributed by atoms with Crippen molar-refractivity contribution < 1.29 is 38.6 Å². The van der Waals surface area contributed by atoms with Crippen LogP contribution < -0.4 is 10.6 Å². The molecule has 0 saturated carbocycles. The number of hydrogen-bond acceptors (Lipinski definition) is 8. The molecule has 0 aliphatic heterocycles. The lowest BCUT2D eigenvalue weighted by Crippen LogP contribution is -2.44. The first-order chi connectivity index (χ1) is 12.2. The van der Waals surface area contributed by atoms with Crippen LogP contribution in [0.2, 0.25) is 0 Å². The lowest BCUT2D eigenvalue weighted by atomic mass is 10.1. The van der Waals surface area contributed by atoms with Crippen LogP contribution in [0.3, 0.4) is 0 Å². The van der Waals surface area contributed by atoms with Crippen molar-refractivity contribution in [3.63, 3.8) is 0 Å². The first-order valence-electron chi connectivity index (χ1n) is 8.24. The van der Waals surface area contributed by atoms with Crippen molar-refractivity contribution in [1.29, 1.82) is 0 Å². The molecule has 148 valence electrons. The first-order valence-corrected chi connectivity index (χ1v) is 8.24. The van der Waals surface area contributed by atoms with Crippen molar-refractivity contribution in [2.75, 3.05) is 6.54 Å². The van der Waals surface area contributed by atoms with Crippen LogP contribution in [0.1, 0.15) is 40.0 Å². The van der Waals surface area contributed by atoms with Crippen LogP contribution in [0, 0.1) is 0 Å². The Morgan fingerprint density at radius 3 is 2.15 bits per heavy atom. The number of esters is 2. The van der Waals surface area contributed by atoms with Gasteiger partial charge < -0.3 is 30.0 Å². The average molecular weight is 374 g/mol. The zero-order chi connectivity index (χ0) is 20.1. The van der Waals surface area contributed by atoms with Gasteiger partial charge in [-0.2, -0.15) is 0 Å². The van der Waals surface area contributed by atoms with Gasteiger partial charge in [0, 0.05) is 6.54 Å². The Morgan fingerprint density at radius 2 is 1.62 bits per heavy atom. The fourth-order valence-corrected chi connectivity index (χ4v) is 1.77. The van der Waals surface area contributed by atoms with Crippen molar-refractivity contribution in [1.82, 2.24) is 10.6 Å². The Morgan fingerprint density at radius 1 is 1.00 bits per heavy atom. The molecule has 0 saturated heterocycles. The molecule has 0 aliphatic carbocycles. The molecule has 10 heteroatoms. The summed E-state index contributed by atoms with van der Waals surface area (Å²) in [6.07, 6.45) is -1.10. The third kappa shape index (κ3) is 9.72. The summed E-state index contributed by atoms with van der Waals surface area (Å²) in [5.74, 6) is -2.61. The number of aliphatic hydroxyl groups is 1. The van der Waals surface area contributed by atoms with Gasteiger partial charge in [0.05, 0.1) is 6.04 Å². The molecule has 0 spiro atoms. The fourth-order valence-electron chi connectivity index (χ4n) is 1.77. The molecule has 0 fully saturated rings. The quantitative estimate of drug-likeness (QED) is 0.207. The summed E-state index contributed by atoms with van der Waals surface area (Å²) >= 11 is 0. The molecule has 0 bridgehead atoms. The standard InChI is InChI=1S/C16H26N2O8/c1-10(21)15(23)26-12(3)16(24)25-11(2)14(22)18-13(8-19)6-4-5-7-17-9-20/h8-13,21H,4-7H2,1-3H3,(H,17,20)(H,18,22). The van der Waals surface area contributed by atoms with Gasteiger partial charge in [0.15, 0.2) is 12.2 Å². The summed E-state index contributed by atoms with van der Waals surface area (Å²) < 4.78 is 9.54. The molecule has 0 aromatic carbocycles. The molecular weight excluding hydrogens is 348 g/mol. The van der Waals surface area contributed by atoms with Crippen molar-refractivity contribution in [3.05, 3.63) is 0 Å². The second kappa shape index (κ2) is 12.8. The SMILES string of the molecule is CC(O)C(=O)OC(C)C(=O)OC(C)C(=O)NC(C=O)CCCCNC=O. The minimum absolute atomic E-state index is 0.374. The number of unbranched alkanes of at least 4 members (excludes halogenated alkanes) is 1. The van der Waals surface area contributed by atoms with Gasteiger partial charge in [-0.25, -0.2) is 9.59 Å². The van der Waals surface area contributed by atoms with Gasteiger partial charge in [0.1, 0.15) is 12.4 Å². The number of rotatable bonds is 13. The van der Waals surface area contributed by atoms with E-state index in [2.05, 4.69) is 15.4 Å². The summed E-state index contributed by atoms with van der Waals surface area (Å²) in [6.45, 7) is 4.21. The zero-order valence-corrected chi connectivity index (χ0v) is 15.1. The summed E-state index contributed by atoms with van der Waals surface area (Å²) in [5.41, 5.74) is 0. The van der Waals surface area contributed by atoms with Crippen molar-refractivity contribution in [2.24, 2.45) is 0 Å². The van der Waals surface area contributed by atoms with Crippen molar-refractivity contribution in [3.8, 4) is 0 Å². The summed E-state index contributed by atoms with van der Waals surface area (Å²) in [5, 5.41) is 13.9. The topological polar surface area (TPSA) is 148 Å². The third-order valence-electron chi connectivity index (χ3n) is 3.29. The Kier molecular flexibility index (Phi) is 11.6. The minimum Gasteiger partial charge on any atom is -0.450 e. The van der Waals surface area contributed by atoms with Gasteiger partial charge in [-0.1, -0.05) is 0 Å². The second-order valence-corrected chi connectivity index (χ2v) is 5.65. The van der Waals surface area contributed by atoms with E-state index in [1.54, 1.807) is 0 Å². The lowest BCUT2D eigenvalue weighted by molar-refractivity contribution is -0.175. The smallest absolute Gasteiger partial charge is 0.347 e. The van der Waals surface area contributed by atoms with Crippen LogP contribution >= 0.6 is 0 Å². The number of aldehydes is 1. The highest BCUT2D eigenvalue weighted by atomic mass is 16.6. The Hall–Kier alpha value is -2.49. The maximum Gasteiger partial charge on any atom is 0.347 e. The van der Waals surface area contributed by atoms with Crippen LogP contribution in [0.4, 0.5) is 0 Å². The van der Waals surface area contributed by atoms with Gasteiger partial charge in [-0.3, -0.25) is 9.59 Å². The van der Waals surface area contributed by atoms with E-state index in [9.17, 15) is 24.0 Å². The van der Waals surface area contributed by atoms with Gasteiger partial charge in [-0.05, 0) is 40.0 Å². The number of carbonyl (C=O) groups excluding carboxylic acids is 5. The van der Waals surface area contributed by atoms with Gasteiger partial charge in [0.25, 0.3) is 5.91 Å². The highest BCUT2D eigenvalue weighted by Gasteiger charge is 2.26. The predicted molar refractivity (Wildman–Crippen MR) is 88.7 cm³/mol. The van der Waals surface area contributed by atoms with E-state index in [4.69, 9.17) is 9.84 Å². The van der Waals surface area contributed by atoms with Crippen LogP contribution in [0.15, 0.2) is 0 Å². The predicted octanol–water partition coefficient (Wildman–Crippen LogP) is -1.17. The number of carbonyl (C=O) groups is 5. The first kappa shape index (κ1) is 23.5. The molecule has 3 N–H and O–H groups in total. The fraction of sp³-hybridized carbons (Fsp3) is 0.688. The Balaban J connectivity index is 4.33. The number of aliphatic hydroxyl groups excluding tert-OH is 1. The van der Waals surface area contributed by atoms with Crippen LogP contribution in [0.5, 0.6) is 0 Å². The normalized spacial score (nSPS) is 14.9. The molecule has 0 radical (unpaired) electrons. The van der Waals surface area contributed by atoms with Crippen LogP contribution in [-0.2, 0) is 33.4 Å². The molecule has 0 rings (SSSR count). The molecule has 4 unspecified atom stereocenters. The van der Waals surface area contributed by atoms with E-state index in [0.29, 0.717) is 38.5 Å². The van der Waals surface area contributed by atoms with E-state index in [1.165, 1.54) is 20.8 Å². The number of nitrogens with one attached hydrogen (secondary N) is 2. The largest absolute Gasteiger partial charge is 0.450 e. The van der Waals surface area contributed by atoms with Crippen molar-refractivity contribution >= 4 is 30.5 Å². The lowest BCUT2D eigenvalue weighted by Gasteiger charge is -2.19. The maximum atomic E-state index is 12.0. The molecule has 0 heterocycles. The third-order valence-corrected chi connectivity index (χ3v) is 3.29. The molecule has 10 nitrogen and oxygen atoms in total. The molecule has 2 amide bonds. The zero-order valence-electron chi connectivity index (χ0n) is 15.1. The monoisotopic (exact) mass is 374 g/mol. The second-order valence-electron chi connectivity index (χ2n) is 5.65. The summed E-state index contributed by atoms with van der Waals surface area (Å²) in [7, 11) is 0. The van der Waals surface area contributed by atoms with Gasteiger partial charge >= 0.3 is 11.9 Å². The molecule has 0 aliphatic rings. The number of amides is 2. The average Bonchev–Trinajstić information content (AvgIpc) is 2.59. The van der Waals surface area contributed by atoms with E-state index >= 15 is 0 Å². The molecule has 0 aromatic rings. The van der Waals surface area contributed by atoms with Crippen LogP contribution in [0.25, 0.3) is 0 Å². The highest BCUT2D eigenvalue weighted by Crippen LogP contribution is 2.04. The Bertz CT molecular complexity index is 495. The number of ether oxygens (including phenoxy) is 2. The Labute approximate surface area is 151 Å². The maximum absolute atomic E-state index is 12.0. The van der Waals surface area contributed by atoms with Crippen molar-refractivity contribution in [2.45, 2.75) is 64.4 Å². The highest BCUT2D eigenvalue weighted by molar-refractivity contribution is 5.87. The molecular formula is C16H26N2O8. The van der Waals surface area contributed by atoms with Crippen LogP contribution in [-0.4, -0.2) is 66.5 Å². The minimum atomic E-state index is -1.39.